The summed E-state index contributed by atoms with van der Waals surface area (Å²) < 4.78 is 10.3. The highest BCUT2D eigenvalue weighted by atomic mass is 32.1. The van der Waals surface area contributed by atoms with Crippen LogP contribution in [0.25, 0.3) is 10.2 Å². The largest absolute Gasteiger partial charge is 0.496 e. The van der Waals surface area contributed by atoms with Crippen molar-refractivity contribution < 1.29 is 4.74 Å². The first-order chi connectivity index (χ1) is 6.24. The SMILES string of the molecule is COc1cc(C)c2nnsc2c1C. The summed E-state index contributed by atoms with van der Waals surface area (Å²) in [6.45, 7) is 4.05. The van der Waals surface area contributed by atoms with Gasteiger partial charge in [-0.05, 0) is 37.0 Å². The van der Waals surface area contributed by atoms with Crippen molar-refractivity contribution in [1.82, 2.24) is 9.59 Å². The maximum atomic E-state index is 5.25. The van der Waals surface area contributed by atoms with Crippen LogP contribution in [0.4, 0.5) is 0 Å². The van der Waals surface area contributed by atoms with E-state index in [1.165, 1.54) is 11.5 Å². The molecule has 0 spiro atoms. The highest BCUT2D eigenvalue weighted by Gasteiger charge is 2.09. The van der Waals surface area contributed by atoms with Gasteiger partial charge in [0.25, 0.3) is 0 Å². The van der Waals surface area contributed by atoms with Crippen LogP contribution in [-0.2, 0) is 0 Å². The number of hydrogen-bond donors (Lipinski definition) is 0. The molecule has 0 bridgehead atoms. The highest BCUT2D eigenvalue weighted by molar-refractivity contribution is 7.13. The molecule has 0 unspecified atom stereocenters. The fourth-order valence-corrected chi connectivity index (χ4v) is 2.12. The molecule has 2 rings (SSSR count). The third-order valence-electron chi connectivity index (χ3n) is 2.14. The lowest BCUT2D eigenvalue weighted by Gasteiger charge is -2.05. The first-order valence-corrected chi connectivity index (χ1v) is 4.77. The lowest BCUT2D eigenvalue weighted by atomic mass is 10.1. The van der Waals surface area contributed by atoms with Crippen molar-refractivity contribution in [3.8, 4) is 5.75 Å². The molecule has 0 aliphatic rings. The van der Waals surface area contributed by atoms with E-state index in [1.807, 2.05) is 19.9 Å². The summed E-state index contributed by atoms with van der Waals surface area (Å²) in [5.41, 5.74) is 3.23. The molecule has 0 aliphatic carbocycles. The van der Waals surface area contributed by atoms with E-state index >= 15 is 0 Å². The molecule has 0 atom stereocenters. The van der Waals surface area contributed by atoms with Gasteiger partial charge in [0, 0.05) is 5.56 Å². The average molecular weight is 194 g/mol. The summed E-state index contributed by atoms with van der Waals surface area (Å²) in [7, 11) is 1.68. The summed E-state index contributed by atoms with van der Waals surface area (Å²) in [4.78, 5) is 0. The molecule has 13 heavy (non-hydrogen) atoms. The van der Waals surface area contributed by atoms with Gasteiger partial charge in [-0.2, -0.15) is 0 Å². The minimum Gasteiger partial charge on any atom is -0.496 e. The lowest BCUT2D eigenvalue weighted by Crippen LogP contribution is -1.89. The van der Waals surface area contributed by atoms with Crippen LogP contribution in [-0.4, -0.2) is 16.7 Å². The molecule has 0 radical (unpaired) electrons. The van der Waals surface area contributed by atoms with Gasteiger partial charge in [-0.3, -0.25) is 0 Å². The second-order valence-corrected chi connectivity index (χ2v) is 3.73. The number of aryl methyl sites for hydroxylation is 2. The Morgan fingerprint density at radius 1 is 1.38 bits per heavy atom. The fraction of sp³-hybridized carbons (Fsp3) is 0.333. The normalized spacial score (nSPS) is 10.7. The Bertz CT molecular complexity index is 450. The van der Waals surface area contributed by atoms with E-state index in [4.69, 9.17) is 4.74 Å². The van der Waals surface area contributed by atoms with E-state index in [-0.39, 0.29) is 0 Å². The molecular weight excluding hydrogens is 184 g/mol. The van der Waals surface area contributed by atoms with Crippen molar-refractivity contribution in [2.45, 2.75) is 13.8 Å². The monoisotopic (exact) mass is 194 g/mol. The zero-order chi connectivity index (χ0) is 9.42. The van der Waals surface area contributed by atoms with Crippen LogP contribution in [0.1, 0.15) is 11.1 Å². The van der Waals surface area contributed by atoms with Gasteiger partial charge in [-0.1, -0.05) is 4.49 Å². The van der Waals surface area contributed by atoms with Gasteiger partial charge in [0.05, 0.1) is 11.8 Å². The number of ether oxygens (including phenoxy) is 1. The van der Waals surface area contributed by atoms with Gasteiger partial charge in [0.2, 0.25) is 0 Å². The highest BCUT2D eigenvalue weighted by Crippen LogP contribution is 2.30. The van der Waals surface area contributed by atoms with Gasteiger partial charge in [-0.15, -0.1) is 5.10 Å². The van der Waals surface area contributed by atoms with Gasteiger partial charge >= 0.3 is 0 Å². The predicted octanol–water partition coefficient (Wildman–Crippen LogP) is 2.32. The summed E-state index contributed by atoms with van der Waals surface area (Å²) in [6, 6.07) is 2.00. The second-order valence-electron chi connectivity index (χ2n) is 2.97. The zero-order valence-corrected chi connectivity index (χ0v) is 8.60. The van der Waals surface area contributed by atoms with E-state index in [0.29, 0.717) is 0 Å². The number of aromatic nitrogens is 2. The number of benzene rings is 1. The molecule has 0 saturated heterocycles. The van der Waals surface area contributed by atoms with E-state index in [2.05, 4.69) is 9.59 Å². The van der Waals surface area contributed by atoms with Crippen LogP contribution < -0.4 is 4.74 Å². The van der Waals surface area contributed by atoms with E-state index < -0.39 is 0 Å². The zero-order valence-electron chi connectivity index (χ0n) is 7.79. The summed E-state index contributed by atoms with van der Waals surface area (Å²) in [5, 5.41) is 4.07. The third-order valence-corrected chi connectivity index (χ3v) is 2.98. The summed E-state index contributed by atoms with van der Waals surface area (Å²) in [5.74, 6) is 0.913. The first kappa shape index (κ1) is 8.44. The maximum Gasteiger partial charge on any atom is 0.123 e. The quantitative estimate of drug-likeness (QED) is 0.698. The molecule has 68 valence electrons. The van der Waals surface area contributed by atoms with Crippen LogP contribution in [0.2, 0.25) is 0 Å². The van der Waals surface area contributed by atoms with Crippen molar-refractivity contribution >= 4 is 21.7 Å². The molecular formula is C9H10N2OS. The fourth-order valence-electron chi connectivity index (χ4n) is 1.39. The minimum atomic E-state index is 0.913. The van der Waals surface area contributed by atoms with Gasteiger partial charge < -0.3 is 4.74 Å². The lowest BCUT2D eigenvalue weighted by molar-refractivity contribution is 0.412. The molecule has 4 heteroatoms. The van der Waals surface area contributed by atoms with E-state index in [1.54, 1.807) is 7.11 Å². The molecule has 1 heterocycles. The van der Waals surface area contributed by atoms with E-state index in [9.17, 15) is 0 Å². The van der Waals surface area contributed by atoms with Gasteiger partial charge in [-0.25, -0.2) is 0 Å². The molecule has 2 aromatic rings. The number of hydrogen-bond acceptors (Lipinski definition) is 4. The second kappa shape index (κ2) is 2.96. The predicted molar refractivity (Wildman–Crippen MR) is 53.4 cm³/mol. The topological polar surface area (TPSA) is 35.0 Å². The average Bonchev–Trinajstić information content (AvgIpc) is 2.60. The molecule has 0 N–H and O–H groups in total. The molecule has 1 aromatic carbocycles. The van der Waals surface area contributed by atoms with Crippen molar-refractivity contribution in [2.24, 2.45) is 0 Å². The Hall–Kier alpha value is -1.16. The first-order valence-electron chi connectivity index (χ1n) is 4.00. The van der Waals surface area contributed by atoms with Crippen molar-refractivity contribution in [1.29, 1.82) is 0 Å². The Kier molecular flexibility index (Phi) is 1.92. The Morgan fingerprint density at radius 3 is 2.85 bits per heavy atom. The summed E-state index contributed by atoms with van der Waals surface area (Å²) >= 11 is 1.42. The Balaban J connectivity index is 2.85. The van der Waals surface area contributed by atoms with Crippen LogP contribution in [0.3, 0.4) is 0 Å². The van der Waals surface area contributed by atoms with Crippen molar-refractivity contribution in [2.75, 3.05) is 7.11 Å². The molecule has 1 aromatic heterocycles. The van der Waals surface area contributed by atoms with Gasteiger partial charge in [0.1, 0.15) is 11.3 Å². The van der Waals surface area contributed by atoms with E-state index in [0.717, 1.165) is 27.1 Å². The maximum absolute atomic E-state index is 5.25. The van der Waals surface area contributed by atoms with Crippen molar-refractivity contribution in [3.63, 3.8) is 0 Å². The Morgan fingerprint density at radius 2 is 2.15 bits per heavy atom. The molecule has 0 aliphatic heterocycles. The Labute approximate surface area is 80.5 Å². The number of methoxy groups -OCH3 is 1. The van der Waals surface area contributed by atoms with Crippen molar-refractivity contribution in [3.05, 3.63) is 17.2 Å². The van der Waals surface area contributed by atoms with Crippen LogP contribution >= 0.6 is 11.5 Å². The smallest absolute Gasteiger partial charge is 0.123 e. The molecule has 0 saturated carbocycles. The summed E-state index contributed by atoms with van der Waals surface area (Å²) in [6.07, 6.45) is 0. The van der Waals surface area contributed by atoms with Gasteiger partial charge in [0.15, 0.2) is 0 Å². The number of rotatable bonds is 1. The van der Waals surface area contributed by atoms with Crippen LogP contribution in [0.15, 0.2) is 6.07 Å². The number of nitrogens with zero attached hydrogens (tertiary/aromatic N) is 2. The molecule has 3 nitrogen and oxygen atoms in total. The van der Waals surface area contributed by atoms with Crippen LogP contribution in [0, 0.1) is 13.8 Å². The molecule has 0 amide bonds. The number of fused-ring (bicyclic) bond motifs is 1. The molecule has 0 fully saturated rings. The van der Waals surface area contributed by atoms with Crippen LogP contribution in [0.5, 0.6) is 5.75 Å². The minimum absolute atomic E-state index is 0.913. The third kappa shape index (κ3) is 1.18. The standard InChI is InChI=1S/C9H10N2OS/c1-5-4-7(12-3)6(2)9-8(5)10-11-13-9/h4H,1-3H3.